The second kappa shape index (κ2) is 4.03. The zero-order valence-electron chi connectivity index (χ0n) is 10.1. The van der Waals surface area contributed by atoms with Crippen LogP contribution in [0.25, 0.3) is 0 Å². The van der Waals surface area contributed by atoms with E-state index in [1.807, 2.05) is 26.0 Å². The van der Waals surface area contributed by atoms with Gasteiger partial charge in [0.2, 0.25) is 0 Å². The summed E-state index contributed by atoms with van der Waals surface area (Å²) in [7, 11) is 5.56. The fourth-order valence-electron chi connectivity index (χ4n) is 3.37. The van der Waals surface area contributed by atoms with Crippen LogP contribution in [0.3, 0.4) is 0 Å². The summed E-state index contributed by atoms with van der Waals surface area (Å²) >= 11 is 0. The molecule has 2 fully saturated rings. The van der Waals surface area contributed by atoms with Gasteiger partial charge < -0.3 is 9.80 Å². The first-order chi connectivity index (χ1) is 7.08. The van der Waals surface area contributed by atoms with E-state index in [-0.39, 0.29) is 6.03 Å². The summed E-state index contributed by atoms with van der Waals surface area (Å²) in [6.07, 6.45) is 5.62. The Morgan fingerprint density at radius 1 is 1.20 bits per heavy atom. The van der Waals surface area contributed by atoms with Crippen LogP contribution in [0.15, 0.2) is 0 Å². The van der Waals surface area contributed by atoms with Gasteiger partial charge in [-0.3, -0.25) is 0 Å². The van der Waals surface area contributed by atoms with Gasteiger partial charge in [-0.2, -0.15) is 0 Å². The normalized spacial score (nSPS) is 33.1. The first kappa shape index (κ1) is 10.8. The molecule has 86 valence electrons. The summed E-state index contributed by atoms with van der Waals surface area (Å²) in [5.74, 6) is 2.66. The SMILES string of the molecule is CN(C)C(=O)N(C)CC1CC2CCC1C2. The Labute approximate surface area is 92.4 Å². The van der Waals surface area contributed by atoms with Crippen molar-refractivity contribution >= 4 is 6.03 Å². The lowest BCUT2D eigenvalue weighted by Gasteiger charge is -2.28. The van der Waals surface area contributed by atoms with Gasteiger partial charge in [0.05, 0.1) is 0 Å². The molecule has 0 aromatic heterocycles. The Hall–Kier alpha value is -0.730. The van der Waals surface area contributed by atoms with Gasteiger partial charge in [0.25, 0.3) is 0 Å². The topological polar surface area (TPSA) is 23.6 Å². The number of carbonyl (C=O) groups excluding carboxylic acids is 1. The van der Waals surface area contributed by atoms with Crippen molar-refractivity contribution < 1.29 is 4.79 Å². The molecule has 0 aliphatic heterocycles. The van der Waals surface area contributed by atoms with E-state index >= 15 is 0 Å². The van der Waals surface area contributed by atoms with E-state index in [9.17, 15) is 4.79 Å². The molecule has 3 unspecified atom stereocenters. The van der Waals surface area contributed by atoms with Crippen LogP contribution in [0.4, 0.5) is 4.79 Å². The van der Waals surface area contributed by atoms with Gasteiger partial charge in [-0.25, -0.2) is 4.79 Å². The highest BCUT2D eigenvalue weighted by Gasteiger charge is 2.40. The smallest absolute Gasteiger partial charge is 0.319 e. The number of urea groups is 1. The maximum Gasteiger partial charge on any atom is 0.319 e. The zero-order valence-corrected chi connectivity index (χ0v) is 10.1. The molecule has 2 aliphatic rings. The van der Waals surface area contributed by atoms with Crippen molar-refractivity contribution in [2.75, 3.05) is 27.7 Å². The molecule has 2 amide bonds. The number of fused-ring (bicyclic) bond motifs is 2. The minimum absolute atomic E-state index is 0.137. The molecule has 0 N–H and O–H groups in total. The van der Waals surface area contributed by atoms with Crippen LogP contribution >= 0.6 is 0 Å². The van der Waals surface area contributed by atoms with E-state index < -0.39 is 0 Å². The number of hydrogen-bond acceptors (Lipinski definition) is 1. The van der Waals surface area contributed by atoms with Crippen molar-refractivity contribution in [1.29, 1.82) is 0 Å². The largest absolute Gasteiger partial charge is 0.331 e. The van der Waals surface area contributed by atoms with Crippen molar-refractivity contribution in [3.8, 4) is 0 Å². The van der Waals surface area contributed by atoms with E-state index in [0.29, 0.717) is 0 Å². The molecule has 2 bridgehead atoms. The molecule has 15 heavy (non-hydrogen) atoms. The van der Waals surface area contributed by atoms with Gasteiger partial charge in [-0.05, 0) is 37.0 Å². The summed E-state index contributed by atoms with van der Waals surface area (Å²) in [5.41, 5.74) is 0. The third-order valence-electron chi connectivity index (χ3n) is 4.10. The molecular formula is C12H22N2O. The molecule has 0 spiro atoms. The Kier molecular flexibility index (Phi) is 2.89. The van der Waals surface area contributed by atoms with Crippen molar-refractivity contribution in [2.24, 2.45) is 17.8 Å². The van der Waals surface area contributed by atoms with Crippen LogP contribution in [0.5, 0.6) is 0 Å². The molecule has 2 saturated carbocycles. The van der Waals surface area contributed by atoms with Gasteiger partial charge in [0, 0.05) is 27.7 Å². The standard InChI is InChI=1S/C12H22N2O/c1-13(2)12(15)14(3)8-11-7-9-4-5-10(11)6-9/h9-11H,4-8H2,1-3H3. The van der Waals surface area contributed by atoms with Crippen molar-refractivity contribution in [2.45, 2.75) is 25.7 Å². The second-order valence-electron chi connectivity index (χ2n) is 5.49. The van der Waals surface area contributed by atoms with E-state index in [1.165, 1.54) is 25.7 Å². The molecule has 0 heterocycles. The summed E-state index contributed by atoms with van der Waals surface area (Å²) in [5, 5.41) is 0. The van der Waals surface area contributed by atoms with Crippen LogP contribution < -0.4 is 0 Å². The monoisotopic (exact) mass is 210 g/mol. The number of carbonyl (C=O) groups is 1. The van der Waals surface area contributed by atoms with E-state index in [2.05, 4.69) is 0 Å². The summed E-state index contributed by atoms with van der Waals surface area (Å²) in [6, 6.07) is 0.137. The fraction of sp³-hybridized carbons (Fsp3) is 0.917. The maximum absolute atomic E-state index is 11.7. The molecule has 0 radical (unpaired) electrons. The van der Waals surface area contributed by atoms with Crippen LogP contribution in [-0.4, -0.2) is 43.5 Å². The van der Waals surface area contributed by atoms with Gasteiger partial charge in [-0.1, -0.05) is 6.42 Å². The average molecular weight is 210 g/mol. The highest BCUT2D eigenvalue weighted by molar-refractivity contribution is 5.73. The predicted octanol–water partition coefficient (Wildman–Crippen LogP) is 2.04. The molecule has 0 aromatic rings. The molecule has 3 atom stereocenters. The van der Waals surface area contributed by atoms with Crippen molar-refractivity contribution in [3.05, 3.63) is 0 Å². The number of nitrogens with zero attached hydrogens (tertiary/aromatic N) is 2. The number of rotatable bonds is 2. The highest BCUT2D eigenvalue weighted by Crippen LogP contribution is 2.48. The van der Waals surface area contributed by atoms with E-state index in [0.717, 1.165) is 24.3 Å². The third kappa shape index (κ3) is 2.11. The summed E-state index contributed by atoms with van der Waals surface area (Å²) in [6.45, 7) is 0.957. The lowest BCUT2D eigenvalue weighted by atomic mass is 9.88. The highest BCUT2D eigenvalue weighted by atomic mass is 16.2. The van der Waals surface area contributed by atoms with E-state index in [1.54, 1.807) is 4.90 Å². The molecule has 0 saturated heterocycles. The first-order valence-corrected chi connectivity index (χ1v) is 6.00. The number of hydrogen-bond donors (Lipinski definition) is 0. The molecule has 3 nitrogen and oxygen atoms in total. The first-order valence-electron chi connectivity index (χ1n) is 6.00. The Bertz CT molecular complexity index is 252. The van der Waals surface area contributed by atoms with E-state index in [4.69, 9.17) is 0 Å². The lowest BCUT2D eigenvalue weighted by molar-refractivity contribution is 0.164. The minimum Gasteiger partial charge on any atom is -0.331 e. The number of amides is 2. The molecule has 0 aromatic carbocycles. The van der Waals surface area contributed by atoms with Crippen molar-refractivity contribution in [1.82, 2.24) is 9.80 Å². The Morgan fingerprint density at radius 3 is 2.40 bits per heavy atom. The summed E-state index contributed by atoms with van der Waals surface area (Å²) < 4.78 is 0. The van der Waals surface area contributed by atoms with Crippen LogP contribution in [0.1, 0.15) is 25.7 Å². The van der Waals surface area contributed by atoms with Gasteiger partial charge in [0.1, 0.15) is 0 Å². The minimum atomic E-state index is 0.137. The second-order valence-corrected chi connectivity index (χ2v) is 5.49. The summed E-state index contributed by atoms with van der Waals surface area (Å²) in [4.78, 5) is 15.2. The Balaban J connectivity index is 1.84. The predicted molar refractivity (Wildman–Crippen MR) is 60.7 cm³/mol. The van der Waals surface area contributed by atoms with Crippen LogP contribution in [0, 0.1) is 17.8 Å². The molecule has 2 aliphatic carbocycles. The molecule has 3 heteroatoms. The van der Waals surface area contributed by atoms with Gasteiger partial charge >= 0.3 is 6.03 Å². The van der Waals surface area contributed by atoms with Crippen molar-refractivity contribution in [3.63, 3.8) is 0 Å². The Morgan fingerprint density at radius 2 is 1.93 bits per heavy atom. The maximum atomic E-state index is 11.7. The quantitative estimate of drug-likeness (QED) is 0.684. The lowest BCUT2D eigenvalue weighted by Crippen LogP contribution is -2.40. The third-order valence-corrected chi connectivity index (χ3v) is 4.10. The van der Waals surface area contributed by atoms with Crippen LogP contribution in [0.2, 0.25) is 0 Å². The molecule has 2 rings (SSSR count). The average Bonchev–Trinajstić information content (AvgIpc) is 2.77. The van der Waals surface area contributed by atoms with Crippen LogP contribution in [-0.2, 0) is 0 Å². The fourth-order valence-corrected chi connectivity index (χ4v) is 3.37. The zero-order chi connectivity index (χ0) is 11.0. The van der Waals surface area contributed by atoms with Gasteiger partial charge in [0.15, 0.2) is 0 Å². The molecular weight excluding hydrogens is 188 g/mol. The van der Waals surface area contributed by atoms with Gasteiger partial charge in [-0.15, -0.1) is 0 Å².